The Morgan fingerprint density at radius 3 is 2.41 bits per heavy atom. The van der Waals surface area contributed by atoms with Crippen molar-refractivity contribution in [1.82, 2.24) is 4.90 Å². The molecule has 0 aromatic carbocycles. The molecule has 98 valence electrons. The Morgan fingerprint density at radius 2 is 2.00 bits per heavy atom. The van der Waals surface area contributed by atoms with E-state index >= 15 is 0 Å². The summed E-state index contributed by atoms with van der Waals surface area (Å²) in [5, 5.41) is 14.7. The van der Waals surface area contributed by atoms with E-state index in [0.717, 1.165) is 25.9 Å². The SMILES string of the molecule is CCN(CC)C(C)(CC)C(O)Cc1ccsc1. The van der Waals surface area contributed by atoms with Gasteiger partial charge in [0.15, 0.2) is 0 Å². The Bertz CT molecular complexity index is 308. The summed E-state index contributed by atoms with van der Waals surface area (Å²) in [6, 6.07) is 2.10. The molecule has 0 aliphatic carbocycles. The highest BCUT2D eigenvalue weighted by Crippen LogP contribution is 2.26. The number of thiophene rings is 1. The van der Waals surface area contributed by atoms with Crippen LogP contribution in [-0.4, -0.2) is 34.7 Å². The second-order valence-electron chi connectivity index (χ2n) is 4.73. The smallest absolute Gasteiger partial charge is 0.0761 e. The molecule has 17 heavy (non-hydrogen) atoms. The zero-order chi connectivity index (χ0) is 12.9. The second kappa shape index (κ2) is 6.53. The van der Waals surface area contributed by atoms with Crippen LogP contribution in [0.15, 0.2) is 16.8 Å². The first-order valence-corrected chi connectivity index (χ1v) is 7.46. The Balaban J connectivity index is 2.77. The number of nitrogens with zero attached hydrogens (tertiary/aromatic N) is 1. The molecule has 3 heteroatoms. The van der Waals surface area contributed by atoms with E-state index in [1.807, 2.05) is 0 Å². The van der Waals surface area contributed by atoms with Gasteiger partial charge in [0, 0.05) is 12.0 Å². The van der Waals surface area contributed by atoms with Crippen LogP contribution in [0.4, 0.5) is 0 Å². The van der Waals surface area contributed by atoms with Gasteiger partial charge in [-0.15, -0.1) is 0 Å². The minimum absolute atomic E-state index is 0.120. The topological polar surface area (TPSA) is 23.5 Å². The van der Waals surface area contributed by atoms with E-state index in [-0.39, 0.29) is 11.6 Å². The molecule has 0 aliphatic heterocycles. The number of rotatable bonds is 7. The van der Waals surface area contributed by atoms with E-state index in [1.165, 1.54) is 5.56 Å². The fourth-order valence-corrected chi connectivity index (χ4v) is 3.15. The van der Waals surface area contributed by atoms with E-state index in [9.17, 15) is 5.11 Å². The predicted molar refractivity (Wildman–Crippen MR) is 75.6 cm³/mol. The van der Waals surface area contributed by atoms with Crippen LogP contribution in [-0.2, 0) is 6.42 Å². The molecule has 0 saturated carbocycles. The van der Waals surface area contributed by atoms with Crippen LogP contribution in [0.5, 0.6) is 0 Å². The molecular formula is C14H25NOS. The van der Waals surface area contributed by atoms with E-state index in [0.29, 0.717) is 0 Å². The third-order valence-electron chi connectivity index (χ3n) is 3.93. The van der Waals surface area contributed by atoms with Crippen LogP contribution in [0.25, 0.3) is 0 Å². The van der Waals surface area contributed by atoms with Crippen LogP contribution in [0.1, 0.15) is 39.7 Å². The molecule has 1 aromatic heterocycles. The van der Waals surface area contributed by atoms with Gasteiger partial charge in [0.1, 0.15) is 0 Å². The lowest BCUT2D eigenvalue weighted by Crippen LogP contribution is -2.54. The Morgan fingerprint density at radius 1 is 1.35 bits per heavy atom. The molecule has 2 nitrogen and oxygen atoms in total. The summed E-state index contributed by atoms with van der Waals surface area (Å²) in [6.07, 6.45) is 1.42. The number of aliphatic hydroxyl groups excluding tert-OH is 1. The van der Waals surface area contributed by atoms with Gasteiger partial charge in [-0.2, -0.15) is 11.3 Å². The summed E-state index contributed by atoms with van der Waals surface area (Å²) < 4.78 is 0. The molecule has 0 saturated heterocycles. The molecule has 1 aromatic rings. The molecule has 0 radical (unpaired) electrons. The van der Waals surface area contributed by atoms with Crippen LogP contribution < -0.4 is 0 Å². The van der Waals surface area contributed by atoms with E-state index in [1.54, 1.807) is 11.3 Å². The third-order valence-corrected chi connectivity index (χ3v) is 4.66. The molecule has 0 bridgehead atoms. The third kappa shape index (κ3) is 3.30. The van der Waals surface area contributed by atoms with Crippen molar-refractivity contribution < 1.29 is 5.11 Å². The molecule has 1 rings (SSSR count). The maximum atomic E-state index is 10.5. The van der Waals surface area contributed by atoms with Gasteiger partial charge in [0.2, 0.25) is 0 Å². The molecule has 0 spiro atoms. The average molecular weight is 255 g/mol. The molecule has 0 fully saturated rings. The standard InChI is InChI=1S/C14H25NOS/c1-5-14(4,15(6-2)7-3)13(16)10-12-8-9-17-11-12/h8-9,11,13,16H,5-7,10H2,1-4H3. The number of hydrogen-bond donors (Lipinski definition) is 1. The molecule has 2 atom stereocenters. The van der Waals surface area contributed by atoms with Crippen molar-refractivity contribution in [3.63, 3.8) is 0 Å². The van der Waals surface area contributed by atoms with Crippen LogP contribution in [0, 0.1) is 0 Å². The van der Waals surface area contributed by atoms with Crippen molar-refractivity contribution in [3.05, 3.63) is 22.4 Å². The summed E-state index contributed by atoms with van der Waals surface area (Å²) in [6.45, 7) is 10.6. The maximum Gasteiger partial charge on any atom is 0.0761 e. The summed E-state index contributed by atoms with van der Waals surface area (Å²) >= 11 is 1.69. The van der Waals surface area contributed by atoms with Crippen LogP contribution in [0.2, 0.25) is 0 Å². The first kappa shape index (κ1) is 14.7. The Hall–Kier alpha value is -0.380. The van der Waals surface area contributed by atoms with Gasteiger partial charge in [-0.1, -0.05) is 20.8 Å². The quantitative estimate of drug-likeness (QED) is 0.809. The highest BCUT2D eigenvalue weighted by Gasteiger charge is 2.35. The van der Waals surface area contributed by atoms with E-state index in [2.05, 4.69) is 49.4 Å². The first-order chi connectivity index (χ1) is 8.08. The van der Waals surface area contributed by atoms with E-state index in [4.69, 9.17) is 0 Å². The predicted octanol–water partition coefficient (Wildman–Crippen LogP) is 3.16. The highest BCUT2D eigenvalue weighted by molar-refractivity contribution is 7.07. The Labute approximate surface area is 109 Å². The van der Waals surface area contributed by atoms with Gasteiger partial charge in [0.05, 0.1) is 6.10 Å². The minimum atomic E-state index is -0.304. The van der Waals surface area contributed by atoms with Gasteiger partial charge in [-0.25, -0.2) is 0 Å². The van der Waals surface area contributed by atoms with Crippen molar-refractivity contribution in [3.8, 4) is 0 Å². The fraction of sp³-hybridized carbons (Fsp3) is 0.714. The van der Waals surface area contributed by atoms with Gasteiger partial charge in [0.25, 0.3) is 0 Å². The molecule has 0 aliphatic rings. The van der Waals surface area contributed by atoms with Crippen LogP contribution in [0.3, 0.4) is 0 Å². The number of likely N-dealkylation sites (N-methyl/N-ethyl adjacent to an activating group) is 1. The van der Waals surface area contributed by atoms with Gasteiger partial charge < -0.3 is 5.11 Å². The Kier molecular flexibility index (Phi) is 5.63. The summed E-state index contributed by atoms with van der Waals surface area (Å²) in [5.74, 6) is 0. The molecule has 1 heterocycles. The second-order valence-corrected chi connectivity index (χ2v) is 5.51. The van der Waals surface area contributed by atoms with Gasteiger partial charge >= 0.3 is 0 Å². The zero-order valence-electron chi connectivity index (χ0n) is 11.4. The molecule has 2 unspecified atom stereocenters. The summed E-state index contributed by atoms with van der Waals surface area (Å²) in [5.41, 5.74) is 1.13. The van der Waals surface area contributed by atoms with Gasteiger partial charge in [-0.05, 0) is 48.8 Å². The minimum Gasteiger partial charge on any atom is -0.391 e. The summed E-state index contributed by atoms with van der Waals surface area (Å²) in [4.78, 5) is 2.37. The summed E-state index contributed by atoms with van der Waals surface area (Å²) in [7, 11) is 0. The lowest BCUT2D eigenvalue weighted by atomic mass is 9.86. The molecule has 1 N–H and O–H groups in total. The maximum absolute atomic E-state index is 10.5. The zero-order valence-corrected chi connectivity index (χ0v) is 12.3. The normalized spacial score (nSPS) is 17.1. The van der Waals surface area contributed by atoms with Crippen molar-refractivity contribution in [2.75, 3.05) is 13.1 Å². The van der Waals surface area contributed by atoms with Crippen molar-refractivity contribution >= 4 is 11.3 Å². The lowest BCUT2D eigenvalue weighted by Gasteiger charge is -2.43. The lowest BCUT2D eigenvalue weighted by molar-refractivity contribution is -0.0189. The molecule has 0 amide bonds. The van der Waals surface area contributed by atoms with Crippen molar-refractivity contribution in [2.45, 2.75) is 52.2 Å². The van der Waals surface area contributed by atoms with Crippen molar-refractivity contribution in [2.24, 2.45) is 0 Å². The average Bonchev–Trinajstić information content (AvgIpc) is 2.82. The molecular weight excluding hydrogens is 230 g/mol. The highest BCUT2D eigenvalue weighted by atomic mass is 32.1. The monoisotopic (exact) mass is 255 g/mol. The van der Waals surface area contributed by atoms with Gasteiger partial charge in [-0.3, -0.25) is 4.90 Å². The first-order valence-electron chi connectivity index (χ1n) is 6.52. The van der Waals surface area contributed by atoms with E-state index < -0.39 is 0 Å². The fourth-order valence-electron chi connectivity index (χ4n) is 2.47. The number of hydrogen-bond acceptors (Lipinski definition) is 3. The number of aliphatic hydroxyl groups is 1. The van der Waals surface area contributed by atoms with Crippen molar-refractivity contribution in [1.29, 1.82) is 0 Å². The largest absolute Gasteiger partial charge is 0.391 e. The van der Waals surface area contributed by atoms with Crippen LogP contribution >= 0.6 is 11.3 Å².